The van der Waals surface area contributed by atoms with Crippen molar-refractivity contribution in [2.75, 3.05) is 0 Å². The molecule has 144 valence electrons. The molecule has 3 atom stereocenters. The molecule has 3 aliphatic carbocycles. The maximum Gasteiger partial charge on any atom is 0.103 e. The molecule has 24 heavy (non-hydrogen) atoms. The van der Waals surface area contributed by atoms with Gasteiger partial charge in [0.05, 0.1) is 6.10 Å². The Bertz CT molecular complexity index is 300. The van der Waals surface area contributed by atoms with Crippen LogP contribution in [0.1, 0.15) is 91.4 Å². The Balaban J connectivity index is 0.000000252. The molecular formula is C21H41FO2. The van der Waals surface area contributed by atoms with E-state index in [1.807, 2.05) is 6.92 Å². The quantitative estimate of drug-likeness (QED) is 0.687. The molecule has 3 aliphatic rings. The van der Waals surface area contributed by atoms with Gasteiger partial charge < -0.3 is 10.6 Å². The summed E-state index contributed by atoms with van der Waals surface area (Å²) in [7, 11) is 0. The van der Waals surface area contributed by atoms with Gasteiger partial charge in [0.25, 0.3) is 0 Å². The van der Waals surface area contributed by atoms with Gasteiger partial charge in [0, 0.05) is 0 Å². The fraction of sp³-hybridized carbons (Fsp3) is 1.00. The molecule has 0 spiro atoms. The minimum Gasteiger partial charge on any atom is -0.412 e. The lowest BCUT2D eigenvalue weighted by Crippen LogP contribution is -2.26. The highest BCUT2D eigenvalue weighted by atomic mass is 19.1. The number of rotatable bonds is 1. The van der Waals surface area contributed by atoms with E-state index in [1.54, 1.807) is 25.7 Å². The lowest BCUT2D eigenvalue weighted by Gasteiger charge is -2.36. The molecule has 2 nitrogen and oxygen atoms in total. The second kappa shape index (κ2) is 10.8. The van der Waals surface area contributed by atoms with E-state index in [9.17, 15) is 4.39 Å². The van der Waals surface area contributed by atoms with E-state index in [4.69, 9.17) is 5.11 Å². The molecule has 3 fully saturated rings. The van der Waals surface area contributed by atoms with Crippen molar-refractivity contribution in [3.8, 4) is 0 Å². The first-order valence-corrected chi connectivity index (χ1v) is 10.3. The number of alkyl halides is 1. The average Bonchev–Trinajstić information content (AvgIpc) is 2.54. The summed E-state index contributed by atoms with van der Waals surface area (Å²) in [5.74, 6) is 4.33. The molecule has 0 heterocycles. The lowest BCUT2D eigenvalue weighted by atomic mass is 9.70. The molecule has 0 aromatic heterocycles. The van der Waals surface area contributed by atoms with Crippen molar-refractivity contribution < 1.29 is 15.0 Å². The van der Waals surface area contributed by atoms with Crippen LogP contribution in [-0.2, 0) is 0 Å². The van der Waals surface area contributed by atoms with Crippen LogP contribution in [0.15, 0.2) is 0 Å². The lowest BCUT2D eigenvalue weighted by molar-refractivity contribution is 0.0579. The average molecular weight is 345 g/mol. The van der Waals surface area contributed by atoms with Gasteiger partial charge in [-0.1, -0.05) is 46.5 Å². The summed E-state index contributed by atoms with van der Waals surface area (Å²) in [5.41, 5.74) is 0. The monoisotopic (exact) mass is 344 g/mol. The first-order valence-electron chi connectivity index (χ1n) is 10.3. The molecule has 0 saturated heterocycles. The highest BCUT2D eigenvalue weighted by Crippen LogP contribution is 2.40. The predicted molar refractivity (Wildman–Crippen MR) is 99.8 cm³/mol. The molecule has 0 aromatic rings. The Morgan fingerprint density at radius 1 is 0.667 bits per heavy atom. The Morgan fingerprint density at radius 3 is 1.42 bits per heavy atom. The van der Waals surface area contributed by atoms with Gasteiger partial charge in [-0.2, -0.15) is 0 Å². The van der Waals surface area contributed by atoms with Gasteiger partial charge in [0.1, 0.15) is 6.17 Å². The van der Waals surface area contributed by atoms with Crippen LogP contribution in [0.25, 0.3) is 0 Å². The first kappa shape index (κ1) is 21.9. The highest BCUT2D eigenvalue weighted by Gasteiger charge is 2.28. The fourth-order valence-corrected chi connectivity index (χ4v) is 4.85. The third-order valence-electron chi connectivity index (χ3n) is 6.82. The van der Waals surface area contributed by atoms with Gasteiger partial charge in [-0.15, -0.1) is 0 Å². The van der Waals surface area contributed by atoms with Crippen molar-refractivity contribution in [1.29, 1.82) is 0 Å². The Morgan fingerprint density at radius 2 is 1.08 bits per heavy atom. The molecule has 0 radical (unpaired) electrons. The maximum atomic E-state index is 12.6. The second-order valence-corrected chi connectivity index (χ2v) is 9.00. The van der Waals surface area contributed by atoms with Crippen LogP contribution in [0.5, 0.6) is 0 Å². The van der Waals surface area contributed by atoms with Crippen molar-refractivity contribution in [2.24, 2.45) is 29.6 Å². The first-order chi connectivity index (χ1) is 11.0. The van der Waals surface area contributed by atoms with Gasteiger partial charge in [0.2, 0.25) is 0 Å². The van der Waals surface area contributed by atoms with E-state index in [2.05, 4.69) is 13.8 Å². The van der Waals surface area contributed by atoms with Crippen molar-refractivity contribution in [3.05, 3.63) is 0 Å². The zero-order valence-electron chi connectivity index (χ0n) is 16.1. The van der Waals surface area contributed by atoms with E-state index in [0.717, 1.165) is 23.7 Å². The second-order valence-electron chi connectivity index (χ2n) is 9.00. The molecule has 0 bridgehead atoms. The summed E-state index contributed by atoms with van der Waals surface area (Å²) >= 11 is 0. The molecule has 0 aromatic carbocycles. The zero-order chi connectivity index (χ0) is 16.8. The van der Waals surface area contributed by atoms with Crippen LogP contribution in [0.3, 0.4) is 0 Å². The number of aliphatic hydroxyl groups is 1. The SMILES string of the molecule is CC1CC(O)CCC1F.CC1CCC(C2CCC(C)CC2)CC1.O. The molecule has 0 amide bonds. The van der Waals surface area contributed by atoms with Crippen LogP contribution < -0.4 is 0 Å². The summed E-state index contributed by atoms with van der Waals surface area (Å²) in [5, 5.41) is 9.03. The van der Waals surface area contributed by atoms with Crippen LogP contribution >= 0.6 is 0 Å². The van der Waals surface area contributed by atoms with Crippen LogP contribution in [0, 0.1) is 29.6 Å². The number of hydrogen-bond acceptors (Lipinski definition) is 1. The number of halogens is 1. The standard InChI is InChI=1S/C14H26.C7H13FO.H2O/c1-11-3-7-13(8-4-11)14-9-5-12(2)6-10-14;1-5-4-6(9)2-3-7(5)8;/h11-14H,3-10H2,1-2H3;5-7,9H,2-4H2,1H3;1H2. The number of aliphatic hydroxyl groups excluding tert-OH is 1. The minimum atomic E-state index is -0.673. The van der Waals surface area contributed by atoms with Gasteiger partial charge in [0.15, 0.2) is 0 Å². The van der Waals surface area contributed by atoms with E-state index in [0.29, 0.717) is 19.3 Å². The van der Waals surface area contributed by atoms with E-state index in [1.165, 1.54) is 25.7 Å². The van der Waals surface area contributed by atoms with E-state index < -0.39 is 6.17 Å². The van der Waals surface area contributed by atoms with Crippen molar-refractivity contribution in [2.45, 2.75) is 104 Å². The molecule has 3 unspecified atom stereocenters. The van der Waals surface area contributed by atoms with Gasteiger partial charge in [-0.05, 0) is 74.5 Å². The fourth-order valence-electron chi connectivity index (χ4n) is 4.85. The normalized spacial score (nSPS) is 43.1. The predicted octanol–water partition coefficient (Wildman–Crippen LogP) is 5.32. The minimum absolute atomic E-state index is 0. The molecule has 3 saturated carbocycles. The summed E-state index contributed by atoms with van der Waals surface area (Å²) in [4.78, 5) is 0. The van der Waals surface area contributed by atoms with Crippen molar-refractivity contribution in [1.82, 2.24) is 0 Å². The maximum absolute atomic E-state index is 12.6. The van der Waals surface area contributed by atoms with Crippen LogP contribution in [-0.4, -0.2) is 22.9 Å². The largest absolute Gasteiger partial charge is 0.412 e. The molecular weight excluding hydrogens is 303 g/mol. The molecule has 3 rings (SSSR count). The Kier molecular flexibility index (Phi) is 9.81. The van der Waals surface area contributed by atoms with Gasteiger partial charge >= 0.3 is 0 Å². The highest BCUT2D eigenvalue weighted by molar-refractivity contribution is 4.80. The summed E-state index contributed by atoms with van der Waals surface area (Å²) < 4.78 is 12.6. The summed E-state index contributed by atoms with van der Waals surface area (Å²) in [6.45, 7) is 6.71. The topological polar surface area (TPSA) is 51.7 Å². The molecule has 3 heteroatoms. The smallest absolute Gasteiger partial charge is 0.103 e. The van der Waals surface area contributed by atoms with E-state index in [-0.39, 0.29) is 17.5 Å². The molecule has 3 N–H and O–H groups in total. The Hall–Kier alpha value is -0.150. The zero-order valence-corrected chi connectivity index (χ0v) is 16.1. The third kappa shape index (κ3) is 7.00. The van der Waals surface area contributed by atoms with Crippen LogP contribution in [0.4, 0.5) is 4.39 Å². The van der Waals surface area contributed by atoms with Gasteiger partial charge in [-0.25, -0.2) is 4.39 Å². The summed E-state index contributed by atoms with van der Waals surface area (Å²) in [6.07, 6.45) is 13.1. The molecule has 0 aliphatic heterocycles. The summed E-state index contributed by atoms with van der Waals surface area (Å²) in [6, 6.07) is 0. The number of hydrogen-bond donors (Lipinski definition) is 1. The van der Waals surface area contributed by atoms with E-state index >= 15 is 0 Å². The van der Waals surface area contributed by atoms with Crippen LogP contribution in [0.2, 0.25) is 0 Å². The third-order valence-corrected chi connectivity index (χ3v) is 6.82. The van der Waals surface area contributed by atoms with Crippen molar-refractivity contribution in [3.63, 3.8) is 0 Å². The van der Waals surface area contributed by atoms with Gasteiger partial charge in [-0.3, -0.25) is 0 Å². The van der Waals surface area contributed by atoms with Crippen molar-refractivity contribution >= 4 is 0 Å². The Labute approximate surface area is 148 Å².